The molecule has 0 aliphatic heterocycles. The maximum Gasteiger partial charge on any atom is 0.307 e. The van der Waals surface area contributed by atoms with E-state index in [1.54, 1.807) is 4.90 Å². The van der Waals surface area contributed by atoms with Crippen LogP contribution in [0.4, 0.5) is 0 Å². The number of H-pyrrole nitrogens is 1. The predicted molar refractivity (Wildman–Crippen MR) is 128 cm³/mol. The highest BCUT2D eigenvalue weighted by atomic mass is 32.1. The molecule has 0 aliphatic carbocycles. The average Bonchev–Trinajstić information content (AvgIpc) is 3.11. The Balaban J connectivity index is 1.46. The number of aromatic nitrogens is 1. The first-order valence-corrected chi connectivity index (χ1v) is 11.1. The van der Waals surface area contributed by atoms with E-state index in [2.05, 4.69) is 11.1 Å². The fourth-order valence-electron chi connectivity index (χ4n) is 3.58. The molecule has 3 aromatic carbocycles. The molecule has 0 unspecified atom stereocenters. The van der Waals surface area contributed by atoms with Crippen LogP contribution in [0.1, 0.15) is 31.9 Å². The van der Waals surface area contributed by atoms with Crippen molar-refractivity contribution in [2.75, 3.05) is 7.05 Å². The molecular weight excluding hydrogens is 420 g/mol. The smallest absolute Gasteiger partial charge is 0.307 e. The third-order valence-corrected chi connectivity index (χ3v) is 6.22. The zero-order valence-corrected chi connectivity index (χ0v) is 18.8. The second-order valence-electron chi connectivity index (χ2n) is 7.89. The normalized spacial score (nSPS) is 10.8. The fraction of sp³-hybridized carbons (Fsp3) is 0.154. The lowest BCUT2D eigenvalue weighted by molar-refractivity contribution is 0.0785. The standard InChI is InChI=1S/C26H24N2O3S/c1-17-6-10-21(11-7-17)25(30)28(2)16-19-4-3-5-22(14-19)20-12-8-18(9-13-20)15-23-24(29)27-26(31)32-23/h3-14,29H,15-16H2,1-2H3,(H,27,31). The van der Waals surface area contributed by atoms with Gasteiger partial charge in [0.2, 0.25) is 5.88 Å². The van der Waals surface area contributed by atoms with Gasteiger partial charge in [0.05, 0.1) is 4.88 Å². The van der Waals surface area contributed by atoms with Crippen LogP contribution >= 0.6 is 11.3 Å². The Kier molecular flexibility index (Phi) is 6.23. The Morgan fingerprint density at radius 1 is 0.969 bits per heavy atom. The van der Waals surface area contributed by atoms with Crippen molar-refractivity contribution in [3.05, 3.63) is 110 Å². The van der Waals surface area contributed by atoms with Gasteiger partial charge in [-0.25, -0.2) is 0 Å². The van der Waals surface area contributed by atoms with Crippen LogP contribution in [0.2, 0.25) is 0 Å². The van der Waals surface area contributed by atoms with Gasteiger partial charge in [-0.1, -0.05) is 71.5 Å². The molecule has 1 amide bonds. The number of benzene rings is 3. The largest absolute Gasteiger partial charge is 0.494 e. The summed E-state index contributed by atoms with van der Waals surface area (Å²) in [6, 6.07) is 23.8. The number of thiazole rings is 1. The van der Waals surface area contributed by atoms with Crippen LogP contribution in [0.15, 0.2) is 77.6 Å². The van der Waals surface area contributed by atoms with Crippen LogP contribution in [0.5, 0.6) is 5.88 Å². The molecular formula is C26H24N2O3S. The number of nitrogens with one attached hydrogen (secondary N) is 1. The van der Waals surface area contributed by atoms with E-state index in [0.717, 1.165) is 39.2 Å². The molecule has 0 saturated carbocycles. The first-order valence-electron chi connectivity index (χ1n) is 10.3. The summed E-state index contributed by atoms with van der Waals surface area (Å²) in [5.74, 6) is -0.0591. The second kappa shape index (κ2) is 9.24. The van der Waals surface area contributed by atoms with Gasteiger partial charge in [-0.3, -0.25) is 14.6 Å². The maximum atomic E-state index is 12.7. The lowest BCUT2D eigenvalue weighted by Crippen LogP contribution is -2.26. The number of hydrogen-bond acceptors (Lipinski definition) is 4. The number of carbonyl (C=O) groups is 1. The molecule has 32 heavy (non-hydrogen) atoms. The summed E-state index contributed by atoms with van der Waals surface area (Å²) >= 11 is 1.03. The lowest BCUT2D eigenvalue weighted by Gasteiger charge is -2.18. The van der Waals surface area contributed by atoms with E-state index in [1.807, 2.05) is 80.7 Å². The first kappa shape index (κ1) is 21.6. The molecule has 0 atom stereocenters. The lowest BCUT2D eigenvalue weighted by atomic mass is 10.0. The van der Waals surface area contributed by atoms with Gasteiger partial charge < -0.3 is 10.0 Å². The van der Waals surface area contributed by atoms with E-state index in [9.17, 15) is 14.7 Å². The number of nitrogens with zero attached hydrogens (tertiary/aromatic N) is 1. The van der Waals surface area contributed by atoms with Gasteiger partial charge in [0, 0.05) is 25.6 Å². The first-order chi connectivity index (χ1) is 15.4. The van der Waals surface area contributed by atoms with E-state index in [-0.39, 0.29) is 16.7 Å². The minimum absolute atomic E-state index is 0.00457. The average molecular weight is 445 g/mol. The SMILES string of the molecule is Cc1ccc(C(=O)N(C)Cc2cccc(-c3ccc(Cc4sc(=O)[nH]c4O)cc3)c2)cc1. The Labute approximate surface area is 190 Å². The summed E-state index contributed by atoms with van der Waals surface area (Å²) in [4.78, 5) is 28.6. The predicted octanol–water partition coefficient (Wildman–Crippen LogP) is 4.98. The van der Waals surface area contributed by atoms with Crippen LogP contribution < -0.4 is 4.87 Å². The molecule has 6 heteroatoms. The molecule has 4 aromatic rings. The molecule has 0 bridgehead atoms. The summed E-state index contributed by atoms with van der Waals surface area (Å²) in [5.41, 5.74) is 6.01. The molecule has 0 spiro atoms. The van der Waals surface area contributed by atoms with Crippen LogP contribution in [-0.2, 0) is 13.0 Å². The minimum Gasteiger partial charge on any atom is -0.494 e. The molecule has 162 valence electrons. The van der Waals surface area contributed by atoms with E-state index in [0.29, 0.717) is 23.4 Å². The number of hydrogen-bond donors (Lipinski definition) is 2. The third kappa shape index (κ3) is 4.98. The highest BCUT2D eigenvalue weighted by molar-refractivity contribution is 7.09. The highest BCUT2D eigenvalue weighted by Crippen LogP contribution is 2.25. The van der Waals surface area contributed by atoms with Crippen LogP contribution in [0.25, 0.3) is 11.1 Å². The summed E-state index contributed by atoms with van der Waals surface area (Å²) in [6.07, 6.45) is 0.501. The Morgan fingerprint density at radius 2 is 1.69 bits per heavy atom. The van der Waals surface area contributed by atoms with Crippen molar-refractivity contribution in [3.63, 3.8) is 0 Å². The molecule has 2 N–H and O–H groups in total. The van der Waals surface area contributed by atoms with Crippen LogP contribution in [0.3, 0.4) is 0 Å². The molecule has 5 nitrogen and oxygen atoms in total. The zero-order chi connectivity index (χ0) is 22.7. The minimum atomic E-state index is -0.253. The van der Waals surface area contributed by atoms with Crippen molar-refractivity contribution in [2.24, 2.45) is 0 Å². The van der Waals surface area contributed by atoms with Crippen molar-refractivity contribution in [3.8, 4) is 17.0 Å². The summed E-state index contributed by atoms with van der Waals surface area (Å²) in [7, 11) is 1.81. The maximum absolute atomic E-state index is 12.7. The molecule has 1 aromatic heterocycles. The fourth-order valence-corrected chi connectivity index (χ4v) is 4.34. The van der Waals surface area contributed by atoms with E-state index in [4.69, 9.17) is 0 Å². The van der Waals surface area contributed by atoms with Gasteiger partial charge in [-0.15, -0.1) is 0 Å². The summed E-state index contributed by atoms with van der Waals surface area (Å²) < 4.78 is 0. The zero-order valence-electron chi connectivity index (χ0n) is 18.0. The molecule has 0 aliphatic rings. The van der Waals surface area contributed by atoms with Gasteiger partial charge in [-0.05, 0) is 47.4 Å². The number of aromatic amines is 1. The molecule has 0 radical (unpaired) electrons. The van der Waals surface area contributed by atoms with Crippen molar-refractivity contribution < 1.29 is 9.90 Å². The van der Waals surface area contributed by atoms with Crippen molar-refractivity contribution in [1.82, 2.24) is 9.88 Å². The summed E-state index contributed by atoms with van der Waals surface area (Å²) in [6.45, 7) is 2.52. The van der Waals surface area contributed by atoms with E-state index >= 15 is 0 Å². The van der Waals surface area contributed by atoms with Gasteiger partial charge in [0.25, 0.3) is 5.91 Å². The van der Waals surface area contributed by atoms with Crippen molar-refractivity contribution in [1.29, 1.82) is 0 Å². The quantitative estimate of drug-likeness (QED) is 0.440. The molecule has 4 rings (SSSR count). The Hall–Kier alpha value is -3.64. The monoisotopic (exact) mass is 444 g/mol. The molecule has 1 heterocycles. The van der Waals surface area contributed by atoms with Gasteiger partial charge in [-0.2, -0.15) is 0 Å². The number of aryl methyl sites for hydroxylation is 1. The number of rotatable bonds is 6. The van der Waals surface area contributed by atoms with E-state index in [1.165, 1.54) is 0 Å². The van der Waals surface area contributed by atoms with Gasteiger partial charge in [0.1, 0.15) is 0 Å². The Morgan fingerprint density at radius 3 is 2.34 bits per heavy atom. The van der Waals surface area contributed by atoms with Crippen molar-refractivity contribution in [2.45, 2.75) is 19.9 Å². The van der Waals surface area contributed by atoms with Crippen molar-refractivity contribution >= 4 is 17.2 Å². The molecule has 0 fully saturated rings. The van der Waals surface area contributed by atoms with Crippen LogP contribution in [-0.4, -0.2) is 27.9 Å². The number of aromatic hydroxyl groups is 1. The van der Waals surface area contributed by atoms with Gasteiger partial charge in [0.15, 0.2) is 0 Å². The second-order valence-corrected chi connectivity index (χ2v) is 8.96. The highest BCUT2D eigenvalue weighted by Gasteiger charge is 2.12. The third-order valence-electron chi connectivity index (χ3n) is 5.34. The Bertz CT molecular complexity index is 1290. The summed E-state index contributed by atoms with van der Waals surface area (Å²) in [5, 5.41) is 9.78. The molecule has 0 saturated heterocycles. The number of amides is 1. The number of carbonyl (C=O) groups excluding carboxylic acids is 1. The van der Waals surface area contributed by atoms with Gasteiger partial charge >= 0.3 is 4.87 Å². The topological polar surface area (TPSA) is 73.4 Å². The van der Waals surface area contributed by atoms with E-state index < -0.39 is 0 Å². The van der Waals surface area contributed by atoms with Crippen LogP contribution in [0, 0.1) is 6.92 Å².